The first kappa shape index (κ1) is 27.1. The second kappa shape index (κ2) is 13.5. The van der Waals surface area contributed by atoms with Crippen molar-refractivity contribution in [1.82, 2.24) is 5.43 Å². The highest BCUT2D eigenvalue weighted by Crippen LogP contribution is 2.29. The summed E-state index contributed by atoms with van der Waals surface area (Å²) in [4.78, 5) is 25.1. The van der Waals surface area contributed by atoms with Crippen LogP contribution < -0.4 is 29.1 Å². The zero-order valence-electron chi connectivity index (χ0n) is 21.3. The molecule has 0 aliphatic carbocycles. The Hall–Kier alpha value is -4.53. The fourth-order valence-corrected chi connectivity index (χ4v) is 3.23. The number of nitrogens with one attached hydrogen (secondary N) is 1. The standard InChI is InChI=1S/C28H30N2O7/c1-5-15-36-22-11-8-20(9-12-22)28(32)37-24-13-7-19(16-26(24)35-6-2)18-29-30-27(31)21-10-14-23(33-3)25(17-21)34-4/h7-14,16-18H,5-6,15H2,1-4H3,(H,30,31)/b29-18+. The molecule has 0 saturated heterocycles. The Morgan fingerprint density at radius 1 is 0.811 bits per heavy atom. The van der Waals surface area contributed by atoms with Crippen molar-refractivity contribution in [2.75, 3.05) is 27.4 Å². The number of benzene rings is 3. The van der Waals surface area contributed by atoms with Crippen LogP contribution in [-0.2, 0) is 0 Å². The zero-order valence-corrected chi connectivity index (χ0v) is 21.3. The summed E-state index contributed by atoms with van der Waals surface area (Å²) < 4.78 is 27.2. The fraction of sp³-hybridized carbons (Fsp3) is 0.250. The molecule has 0 aliphatic heterocycles. The molecule has 0 unspecified atom stereocenters. The van der Waals surface area contributed by atoms with Crippen LogP contribution in [0.15, 0.2) is 65.8 Å². The lowest BCUT2D eigenvalue weighted by Gasteiger charge is -2.12. The number of ether oxygens (including phenoxy) is 5. The van der Waals surface area contributed by atoms with Crippen molar-refractivity contribution in [3.05, 3.63) is 77.4 Å². The van der Waals surface area contributed by atoms with Gasteiger partial charge < -0.3 is 23.7 Å². The smallest absolute Gasteiger partial charge is 0.343 e. The Balaban J connectivity index is 1.67. The van der Waals surface area contributed by atoms with E-state index in [1.807, 2.05) is 13.8 Å². The molecule has 3 aromatic rings. The summed E-state index contributed by atoms with van der Waals surface area (Å²) in [7, 11) is 3.01. The molecule has 1 N–H and O–H groups in total. The molecule has 0 bridgehead atoms. The number of esters is 1. The number of carbonyl (C=O) groups excluding carboxylic acids is 2. The average Bonchev–Trinajstić information content (AvgIpc) is 2.93. The van der Waals surface area contributed by atoms with E-state index in [0.29, 0.717) is 52.9 Å². The van der Waals surface area contributed by atoms with Gasteiger partial charge in [0.25, 0.3) is 5.91 Å². The third-order valence-corrected chi connectivity index (χ3v) is 5.06. The molecule has 3 rings (SSSR count). The van der Waals surface area contributed by atoms with Crippen LogP contribution in [0.5, 0.6) is 28.7 Å². The van der Waals surface area contributed by atoms with E-state index < -0.39 is 11.9 Å². The SMILES string of the molecule is CCCOc1ccc(C(=O)Oc2ccc(/C=N/NC(=O)c3ccc(OC)c(OC)c3)cc2OCC)cc1. The highest BCUT2D eigenvalue weighted by atomic mass is 16.6. The molecule has 0 aromatic heterocycles. The lowest BCUT2D eigenvalue weighted by Crippen LogP contribution is -2.17. The van der Waals surface area contributed by atoms with Crippen LogP contribution in [0.3, 0.4) is 0 Å². The van der Waals surface area contributed by atoms with Gasteiger partial charge in [0, 0.05) is 5.56 Å². The van der Waals surface area contributed by atoms with Crippen LogP contribution in [0.2, 0.25) is 0 Å². The van der Waals surface area contributed by atoms with Crippen LogP contribution in [-0.4, -0.2) is 45.5 Å². The Kier molecular flexibility index (Phi) is 9.90. The Morgan fingerprint density at radius 2 is 1.51 bits per heavy atom. The molecule has 0 spiro atoms. The van der Waals surface area contributed by atoms with Gasteiger partial charge in [-0.15, -0.1) is 0 Å². The van der Waals surface area contributed by atoms with Crippen LogP contribution in [0.25, 0.3) is 0 Å². The second-order valence-corrected chi connectivity index (χ2v) is 7.67. The van der Waals surface area contributed by atoms with E-state index in [0.717, 1.165) is 6.42 Å². The van der Waals surface area contributed by atoms with E-state index in [1.165, 1.54) is 20.4 Å². The zero-order chi connectivity index (χ0) is 26.6. The molecule has 37 heavy (non-hydrogen) atoms. The molecule has 0 heterocycles. The molecule has 194 valence electrons. The summed E-state index contributed by atoms with van der Waals surface area (Å²) >= 11 is 0. The minimum atomic E-state index is -0.522. The number of methoxy groups -OCH3 is 2. The molecule has 0 aliphatic rings. The number of carbonyl (C=O) groups is 2. The van der Waals surface area contributed by atoms with Crippen molar-refractivity contribution in [2.24, 2.45) is 5.10 Å². The molecule has 0 saturated carbocycles. The van der Waals surface area contributed by atoms with Gasteiger partial charge in [-0.25, -0.2) is 10.2 Å². The molecule has 0 radical (unpaired) electrons. The monoisotopic (exact) mass is 506 g/mol. The molecular formula is C28H30N2O7. The molecule has 0 atom stereocenters. The van der Waals surface area contributed by atoms with Crippen LogP contribution >= 0.6 is 0 Å². The summed E-state index contributed by atoms with van der Waals surface area (Å²) in [5.74, 6) is 1.34. The third-order valence-electron chi connectivity index (χ3n) is 5.06. The van der Waals surface area contributed by atoms with Crippen LogP contribution in [0, 0.1) is 0 Å². The topological polar surface area (TPSA) is 105 Å². The van der Waals surface area contributed by atoms with Gasteiger partial charge >= 0.3 is 5.97 Å². The van der Waals surface area contributed by atoms with Crippen molar-refractivity contribution >= 4 is 18.1 Å². The van der Waals surface area contributed by atoms with Gasteiger partial charge in [-0.3, -0.25) is 4.79 Å². The van der Waals surface area contributed by atoms with Gasteiger partial charge in [0.05, 0.1) is 39.2 Å². The first-order valence-corrected chi connectivity index (χ1v) is 11.8. The third kappa shape index (κ3) is 7.47. The first-order valence-electron chi connectivity index (χ1n) is 11.8. The van der Waals surface area contributed by atoms with Gasteiger partial charge in [0.2, 0.25) is 0 Å². The van der Waals surface area contributed by atoms with Gasteiger partial charge in [0.15, 0.2) is 23.0 Å². The van der Waals surface area contributed by atoms with Gasteiger partial charge in [-0.1, -0.05) is 6.92 Å². The maximum Gasteiger partial charge on any atom is 0.343 e. The predicted molar refractivity (Wildman–Crippen MR) is 139 cm³/mol. The number of rotatable bonds is 12. The van der Waals surface area contributed by atoms with Crippen molar-refractivity contribution in [2.45, 2.75) is 20.3 Å². The van der Waals surface area contributed by atoms with E-state index >= 15 is 0 Å². The molecule has 1 amide bonds. The average molecular weight is 507 g/mol. The van der Waals surface area contributed by atoms with Crippen molar-refractivity contribution in [3.63, 3.8) is 0 Å². The first-order chi connectivity index (χ1) is 18.0. The van der Waals surface area contributed by atoms with E-state index in [-0.39, 0.29) is 5.75 Å². The molecule has 9 nitrogen and oxygen atoms in total. The number of hydrazone groups is 1. The Morgan fingerprint density at radius 3 is 2.19 bits per heavy atom. The maximum atomic E-state index is 12.6. The van der Waals surface area contributed by atoms with E-state index in [1.54, 1.807) is 60.7 Å². The van der Waals surface area contributed by atoms with Crippen molar-refractivity contribution in [3.8, 4) is 28.7 Å². The predicted octanol–water partition coefficient (Wildman–Crippen LogP) is 4.87. The lowest BCUT2D eigenvalue weighted by molar-refractivity contribution is 0.0728. The minimum Gasteiger partial charge on any atom is -0.494 e. The van der Waals surface area contributed by atoms with Crippen molar-refractivity contribution in [1.29, 1.82) is 0 Å². The second-order valence-electron chi connectivity index (χ2n) is 7.67. The van der Waals surface area contributed by atoms with E-state index in [2.05, 4.69) is 10.5 Å². The molecular weight excluding hydrogens is 476 g/mol. The Bertz CT molecular complexity index is 1240. The Labute approximate surface area is 216 Å². The normalized spacial score (nSPS) is 10.6. The van der Waals surface area contributed by atoms with Crippen LogP contribution in [0.4, 0.5) is 0 Å². The summed E-state index contributed by atoms with van der Waals surface area (Å²) in [6, 6.07) is 16.5. The van der Waals surface area contributed by atoms with Gasteiger partial charge in [-0.05, 0) is 79.6 Å². The maximum absolute atomic E-state index is 12.6. The number of hydrogen-bond donors (Lipinski definition) is 1. The fourth-order valence-electron chi connectivity index (χ4n) is 3.23. The van der Waals surface area contributed by atoms with Crippen molar-refractivity contribution < 1.29 is 33.3 Å². The highest BCUT2D eigenvalue weighted by molar-refractivity contribution is 5.95. The molecule has 3 aromatic carbocycles. The number of amides is 1. The van der Waals surface area contributed by atoms with Gasteiger partial charge in [-0.2, -0.15) is 5.10 Å². The van der Waals surface area contributed by atoms with Crippen LogP contribution in [0.1, 0.15) is 46.5 Å². The summed E-state index contributed by atoms with van der Waals surface area (Å²) in [6.45, 7) is 4.82. The summed E-state index contributed by atoms with van der Waals surface area (Å²) in [5.41, 5.74) is 3.85. The number of hydrogen-bond acceptors (Lipinski definition) is 8. The highest BCUT2D eigenvalue weighted by Gasteiger charge is 2.14. The largest absolute Gasteiger partial charge is 0.494 e. The minimum absolute atomic E-state index is 0.268. The van der Waals surface area contributed by atoms with Gasteiger partial charge in [0.1, 0.15) is 5.75 Å². The van der Waals surface area contributed by atoms with E-state index in [9.17, 15) is 9.59 Å². The van der Waals surface area contributed by atoms with E-state index in [4.69, 9.17) is 23.7 Å². The quantitative estimate of drug-likeness (QED) is 0.162. The summed E-state index contributed by atoms with van der Waals surface area (Å²) in [6.07, 6.45) is 2.36. The number of nitrogens with zero attached hydrogens (tertiary/aromatic N) is 1. The molecule has 9 heteroatoms. The summed E-state index contributed by atoms with van der Waals surface area (Å²) in [5, 5.41) is 4.01. The lowest BCUT2D eigenvalue weighted by atomic mass is 10.2. The molecule has 0 fully saturated rings.